The zero-order chi connectivity index (χ0) is 22.3. The summed E-state index contributed by atoms with van der Waals surface area (Å²) in [6.07, 6.45) is -1.97. The maximum absolute atomic E-state index is 13.8. The smallest absolute Gasteiger partial charge is 0.317 e. The summed E-state index contributed by atoms with van der Waals surface area (Å²) in [5.74, 6) is -2.25. The largest absolute Gasteiger partial charge is 0.416 e. The van der Waals surface area contributed by atoms with E-state index in [4.69, 9.17) is 0 Å². The zero-order valence-corrected chi connectivity index (χ0v) is 16.0. The fourth-order valence-corrected chi connectivity index (χ4v) is 3.34. The average Bonchev–Trinajstić information content (AvgIpc) is 3.15. The third-order valence-electron chi connectivity index (χ3n) is 4.84. The highest BCUT2D eigenvalue weighted by Crippen LogP contribution is 2.33. The van der Waals surface area contributed by atoms with Crippen LogP contribution in [-0.2, 0) is 6.18 Å². The standard InChI is InChI=1S/C20H15F4N5O2/c1-11-10-28(13-6-4-12(5-7-13)20(22,23)24)19(31)17-15(9-26-29(11)17)27-18(30)16-14(21)3-2-8-25-16/h2-9,11H,10H2,1H3,(H,27,30)/t11-/m0/s1. The Balaban J connectivity index is 1.64. The van der Waals surface area contributed by atoms with Gasteiger partial charge in [0, 0.05) is 18.4 Å². The molecule has 0 radical (unpaired) electrons. The molecule has 0 aliphatic carbocycles. The summed E-state index contributed by atoms with van der Waals surface area (Å²) in [4.78, 5) is 30.5. The molecule has 4 rings (SSSR count). The van der Waals surface area contributed by atoms with Crippen LogP contribution in [0, 0.1) is 5.82 Å². The molecule has 3 heterocycles. The molecule has 0 bridgehead atoms. The number of alkyl halides is 3. The topological polar surface area (TPSA) is 80.1 Å². The molecule has 0 fully saturated rings. The number of nitrogens with zero attached hydrogens (tertiary/aromatic N) is 4. The van der Waals surface area contributed by atoms with Crippen LogP contribution in [0.2, 0.25) is 0 Å². The molecular weight excluding hydrogens is 418 g/mol. The molecule has 1 aliphatic rings. The first-order valence-corrected chi connectivity index (χ1v) is 9.15. The molecule has 0 saturated heterocycles. The van der Waals surface area contributed by atoms with E-state index in [2.05, 4.69) is 15.4 Å². The molecule has 0 spiro atoms. The Bertz CT molecular complexity index is 1160. The van der Waals surface area contributed by atoms with E-state index in [-0.39, 0.29) is 29.7 Å². The Hall–Kier alpha value is -3.76. The number of rotatable bonds is 3. The van der Waals surface area contributed by atoms with Gasteiger partial charge in [-0.25, -0.2) is 9.37 Å². The van der Waals surface area contributed by atoms with Gasteiger partial charge in [0.2, 0.25) is 0 Å². The maximum atomic E-state index is 13.8. The summed E-state index contributed by atoms with van der Waals surface area (Å²) in [6, 6.07) is 6.29. The summed E-state index contributed by atoms with van der Waals surface area (Å²) in [6.45, 7) is 1.94. The van der Waals surface area contributed by atoms with Crippen LogP contribution in [0.25, 0.3) is 0 Å². The molecule has 1 aromatic carbocycles. The normalized spacial score (nSPS) is 16.2. The van der Waals surface area contributed by atoms with E-state index >= 15 is 0 Å². The highest BCUT2D eigenvalue weighted by molar-refractivity contribution is 6.12. The van der Waals surface area contributed by atoms with E-state index in [0.29, 0.717) is 0 Å². The van der Waals surface area contributed by atoms with Crippen molar-refractivity contribution in [3.05, 3.63) is 71.6 Å². The second-order valence-electron chi connectivity index (χ2n) is 6.95. The quantitative estimate of drug-likeness (QED) is 0.636. The van der Waals surface area contributed by atoms with Crippen LogP contribution in [0.1, 0.15) is 39.5 Å². The van der Waals surface area contributed by atoms with Gasteiger partial charge in [0.05, 0.1) is 23.5 Å². The van der Waals surface area contributed by atoms with Gasteiger partial charge < -0.3 is 10.2 Å². The Morgan fingerprint density at radius 3 is 2.55 bits per heavy atom. The highest BCUT2D eigenvalue weighted by atomic mass is 19.4. The molecule has 3 aromatic rings. The van der Waals surface area contributed by atoms with E-state index in [1.807, 2.05) is 0 Å². The predicted octanol–water partition coefficient (Wildman–Crippen LogP) is 3.91. The first-order chi connectivity index (χ1) is 14.7. The van der Waals surface area contributed by atoms with Crippen molar-refractivity contribution in [2.24, 2.45) is 0 Å². The van der Waals surface area contributed by atoms with E-state index in [9.17, 15) is 27.2 Å². The number of hydrogen-bond donors (Lipinski definition) is 1. The van der Waals surface area contributed by atoms with Crippen LogP contribution < -0.4 is 10.2 Å². The summed E-state index contributed by atoms with van der Waals surface area (Å²) in [7, 11) is 0. The van der Waals surface area contributed by atoms with Crippen LogP contribution in [0.5, 0.6) is 0 Å². The molecule has 31 heavy (non-hydrogen) atoms. The number of benzene rings is 1. The van der Waals surface area contributed by atoms with Crippen molar-refractivity contribution in [2.45, 2.75) is 19.1 Å². The van der Waals surface area contributed by atoms with E-state index < -0.39 is 35.1 Å². The number of amides is 2. The Morgan fingerprint density at radius 1 is 1.19 bits per heavy atom. The van der Waals surface area contributed by atoms with E-state index in [1.54, 1.807) is 6.92 Å². The van der Waals surface area contributed by atoms with Crippen molar-refractivity contribution < 1.29 is 27.2 Å². The lowest BCUT2D eigenvalue weighted by Gasteiger charge is -2.32. The molecule has 160 valence electrons. The number of anilines is 2. The number of aromatic nitrogens is 3. The number of carbonyl (C=O) groups is 2. The Kier molecular flexibility index (Phi) is 4.96. The second-order valence-corrected chi connectivity index (χ2v) is 6.95. The molecule has 11 heteroatoms. The SMILES string of the molecule is C[C@H]1CN(c2ccc(C(F)(F)F)cc2)C(=O)c2c(NC(=O)c3ncccc3F)cnn21. The van der Waals surface area contributed by atoms with Gasteiger partial charge in [-0.15, -0.1) is 0 Å². The number of pyridine rings is 1. The summed E-state index contributed by atoms with van der Waals surface area (Å²) in [5.41, 5.74) is -0.931. The van der Waals surface area contributed by atoms with Gasteiger partial charge in [-0.05, 0) is 43.3 Å². The maximum Gasteiger partial charge on any atom is 0.416 e. The lowest BCUT2D eigenvalue weighted by molar-refractivity contribution is -0.137. The lowest BCUT2D eigenvalue weighted by Crippen LogP contribution is -2.43. The molecule has 0 unspecified atom stereocenters. The average molecular weight is 433 g/mol. The van der Waals surface area contributed by atoms with Crippen molar-refractivity contribution in [1.82, 2.24) is 14.8 Å². The van der Waals surface area contributed by atoms with Crippen molar-refractivity contribution in [2.75, 3.05) is 16.8 Å². The number of carbonyl (C=O) groups excluding carboxylic acids is 2. The third-order valence-corrected chi connectivity index (χ3v) is 4.84. The van der Waals surface area contributed by atoms with E-state index in [1.165, 1.54) is 40.2 Å². The second kappa shape index (κ2) is 7.49. The lowest BCUT2D eigenvalue weighted by atomic mass is 10.1. The first kappa shape index (κ1) is 20.5. The van der Waals surface area contributed by atoms with Crippen molar-refractivity contribution in [3.8, 4) is 0 Å². The van der Waals surface area contributed by atoms with Crippen molar-refractivity contribution >= 4 is 23.2 Å². The minimum absolute atomic E-state index is 0.0309. The number of halogens is 4. The van der Waals surface area contributed by atoms with Gasteiger partial charge in [0.15, 0.2) is 17.2 Å². The van der Waals surface area contributed by atoms with E-state index in [0.717, 1.165) is 18.2 Å². The zero-order valence-electron chi connectivity index (χ0n) is 16.0. The predicted molar refractivity (Wildman–Crippen MR) is 102 cm³/mol. The number of hydrogen-bond acceptors (Lipinski definition) is 4. The molecule has 1 aliphatic heterocycles. The van der Waals surface area contributed by atoms with Crippen LogP contribution in [0.15, 0.2) is 48.8 Å². The van der Waals surface area contributed by atoms with Gasteiger partial charge in [-0.2, -0.15) is 18.3 Å². The van der Waals surface area contributed by atoms with Gasteiger partial charge in [0.25, 0.3) is 11.8 Å². The molecule has 7 nitrogen and oxygen atoms in total. The minimum atomic E-state index is -4.49. The molecule has 2 amide bonds. The fourth-order valence-electron chi connectivity index (χ4n) is 3.34. The van der Waals surface area contributed by atoms with Crippen LogP contribution in [0.4, 0.5) is 28.9 Å². The monoisotopic (exact) mass is 433 g/mol. The fraction of sp³-hybridized carbons (Fsp3) is 0.200. The van der Waals surface area contributed by atoms with Gasteiger partial charge in [-0.1, -0.05) is 0 Å². The first-order valence-electron chi connectivity index (χ1n) is 9.15. The van der Waals surface area contributed by atoms with Crippen molar-refractivity contribution in [1.29, 1.82) is 0 Å². The molecular formula is C20H15F4N5O2. The minimum Gasteiger partial charge on any atom is -0.317 e. The summed E-state index contributed by atoms with van der Waals surface area (Å²) < 4.78 is 53.8. The third kappa shape index (κ3) is 3.74. The van der Waals surface area contributed by atoms with Crippen LogP contribution >= 0.6 is 0 Å². The molecule has 0 saturated carbocycles. The number of fused-ring (bicyclic) bond motifs is 1. The summed E-state index contributed by atoms with van der Waals surface area (Å²) >= 11 is 0. The molecule has 1 atom stereocenters. The van der Waals surface area contributed by atoms with Gasteiger partial charge in [0.1, 0.15) is 0 Å². The molecule has 2 aromatic heterocycles. The summed E-state index contributed by atoms with van der Waals surface area (Å²) in [5, 5.41) is 6.56. The number of nitrogens with one attached hydrogen (secondary N) is 1. The van der Waals surface area contributed by atoms with Crippen LogP contribution in [-0.4, -0.2) is 33.1 Å². The van der Waals surface area contributed by atoms with Crippen LogP contribution in [0.3, 0.4) is 0 Å². The molecule has 1 N–H and O–H groups in total. The van der Waals surface area contributed by atoms with Gasteiger partial charge >= 0.3 is 6.18 Å². The Morgan fingerprint density at radius 2 is 1.90 bits per heavy atom. The van der Waals surface area contributed by atoms with Crippen molar-refractivity contribution in [3.63, 3.8) is 0 Å². The highest BCUT2D eigenvalue weighted by Gasteiger charge is 2.35. The Labute approximate surface area is 173 Å². The van der Waals surface area contributed by atoms with Gasteiger partial charge in [-0.3, -0.25) is 14.3 Å².